The third-order valence-electron chi connectivity index (χ3n) is 2.89. The van der Waals surface area contributed by atoms with Crippen LogP contribution in [0, 0.1) is 5.92 Å². The van der Waals surface area contributed by atoms with Crippen molar-refractivity contribution in [2.24, 2.45) is 5.92 Å². The van der Waals surface area contributed by atoms with Gasteiger partial charge in [-0.1, -0.05) is 13.8 Å². The lowest BCUT2D eigenvalue weighted by molar-refractivity contribution is 0.157. The molecule has 0 aliphatic heterocycles. The van der Waals surface area contributed by atoms with E-state index in [1.807, 2.05) is 13.8 Å². The molecule has 0 saturated heterocycles. The molecule has 0 spiro atoms. The van der Waals surface area contributed by atoms with Crippen LogP contribution in [-0.2, 0) is 14.8 Å². The Balaban J connectivity index is 3.01. The molecular formula is C13H20BrNO4S. The van der Waals surface area contributed by atoms with Gasteiger partial charge in [0.15, 0.2) is 0 Å². The van der Waals surface area contributed by atoms with Crippen molar-refractivity contribution in [2.45, 2.75) is 24.8 Å². The molecule has 0 aliphatic carbocycles. The molecule has 114 valence electrons. The van der Waals surface area contributed by atoms with E-state index in [4.69, 9.17) is 9.47 Å². The van der Waals surface area contributed by atoms with Gasteiger partial charge in [0.2, 0.25) is 10.0 Å². The number of benzene rings is 1. The van der Waals surface area contributed by atoms with E-state index in [-0.39, 0.29) is 16.9 Å². The van der Waals surface area contributed by atoms with Gasteiger partial charge in [-0.3, -0.25) is 0 Å². The van der Waals surface area contributed by atoms with Crippen molar-refractivity contribution in [2.75, 3.05) is 20.8 Å². The number of nitrogens with one attached hydrogen (secondary N) is 1. The molecule has 20 heavy (non-hydrogen) atoms. The maximum atomic E-state index is 12.3. The summed E-state index contributed by atoms with van der Waals surface area (Å²) >= 11 is 3.28. The molecule has 0 aromatic heterocycles. The lowest BCUT2D eigenvalue weighted by atomic mass is 10.1. The van der Waals surface area contributed by atoms with Crippen molar-refractivity contribution >= 4 is 26.0 Å². The van der Waals surface area contributed by atoms with Gasteiger partial charge in [-0.25, -0.2) is 13.1 Å². The van der Waals surface area contributed by atoms with Gasteiger partial charge in [0, 0.05) is 13.2 Å². The van der Waals surface area contributed by atoms with E-state index in [1.165, 1.54) is 19.2 Å². The third-order valence-corrected chi connectivity index (χ3v) is 5.00. The van der Waals surface area contributed by atoms with Crippen molar-refractivity contribution in [1.29, 1.82) is 0 Å². The third kappa shape index (κ3) is 4.44. The smallest absolute Gasteiger partial charge is 0.240 e. The lowest BCUT2D eigenvalue weighted by Crippen LogP contribution is -2.41. The molecule has 7 heteroatoms. The predicted molar refractivity (Wildman–Crippen MR) is 81.5 cm³/mol. The Morgan fingerprint density at radius 2 is 1.95 bits per heavy atom. The summed E-state index contributed by atoms with van der Waals surface area (Å²) in [4.78, 5) is 0.187. The van der Waals surface area contributed by atoms with Crippen LogP contribution in [0.5, 0.6) is 5.75 Å². The summed E-state index contributed by atoms with van der Waals surface area (Å²) in [6, 6.07) is 4.37. The summed E-state index contributed by atoms with van der Waals surface area (Å²) in [7, 11) is -0.513. The molecule has 0 aliphatic rings. The number of sulfonamides is 1. The Kier molecular flexibility index (Phi) is 6.44. The van der Waals surface area contributed by atoms with Gasteiger partial charge in [-0.2, -0.15) is 0 Å². The summed E-state index contributed by atoms with van der Waals surface area (Å²) < 4.78 is 38.1. The van der Waals surface area contributed by atoms with Crippen LogP contribution in [0.4, 0.5) is 0 Å². The molecule has 0 bridgehead atoms. The zero-order chi connectivity index (χ0) is 15.3. The molecule has 0 heterocycles. The topological polar surface area (TPSA) is 64.6 Å². The minimum absolute atomic E-state index is 0.131. The van der Waals surface area contributed by atoms with Crippen molar-refractivity contribution in [3.63, 3.8) is 0 Å². The maximum absolute atomic E-state index is 12.3. The minimum Gasteiger partial charge on any atom is -0.496 e. The number of methoxy groups -OCH3 is 2. The number of rotatable bonds is 7. The van der Waals surface area contributed by atoms with E-state index in [9.17, 15) is 8.42 Å². The average Bonchev–Trinajstić information content (AvgIpc) is 2.37. The first-order chi connectivity index (χ1) is 9.31. The van der Waals surface area contributed by atoms with E-state index in [2.05, 4.69) is 20.7 Å². The van der Waals surface area contributed by atoms with Gasteiger partial charge in [0.25, 0.3) is 0 Å². The zero-order valence-electron chi connectivity index (χ0n) is 12.0. The van der Waals surface area contributed by atoms with Crippen molar-refractivity contribution in [1.82, 2.24) is 4.72 Å². The van der Waals surface area contributed by atoms with Gasteiger partial charge in [-0.15, -0.1) is 0 Å². The largest absolute Gasteiger partial charge is 0.496 e. The van der Waals surface area contributed by atoms with Gasteiger partial charge < -0.3 is 9.47 Å². The highest BCUT2D eigenvalue weighted by Crippen LogP contribution is 2.27. The summed E-state index contributed by atoms with van der Waals surface area (Å²) in [5, 5.41) is 0. The van der Waals surface area contributed by atoms with Crippen LogP contribution in [0.25, 0.3) is 0 Å². The standard InChI is InChI=1S/C13H20BrNO4S/c1-9(2)12(8-18-3)15-20(16,17)10-5-6-13(19-4)11(14)7-10/h5-7,9,12,15H,8H2,1-4H3. The van der Waals surface area contributed by atoms with Crippen LogP contribution in [0.15, 0.2) is 27.6 Å². The Bertz CT molecular complexity index is 545. The van der Waals surface area contributed by atoms with Crippen LogP contribution < -0.4 is 9.46 Å². The van der Waals surface area contributed by atoms with Crippen LogP contribution in [0.2, 0.25) is 0 Å². The van der Waals surface area contributed by atoms with Crippen molar-refractivity contribution in [3.05, 3.63) is 22.7 Å². The number of halogens is 1. The van der Waals surface area contributed by atoms with Crippen LogP contribution in [0.1, 0.15) is 13.8 Å². The average molecular weight is 366 g/mol. The first-order valence-corrected chi connectivity index (χ1v) is 8.44. The highest BCUT2D eigenvalue weighted by molar-refractivity contribution is 9.10. The number of hydrogen-bond donors (Lipinski definition) is 1. The highest BCUT2D eigenvalue weighted by atomic mass is 79.9. The Morgan fingerprint density at radius 3 is 2.40 bits per heavy atom. The van der Waals surface area contributed by atoms with E-state index in [1.54, 1.807) is 13.2 Å². The minimum atomic E-state index is -3.59. The van der Waals surface area contributed by atoms with Crippen molar-refractivity contribution in [3.8, 4) is 5.75 Å². The van der Waals surface area contributed by atoms with Crippen LogP contribution >= 0.6 is 15.9 Å². The zero-order valence-corrected chi connectivity index (χ0v) is 14.4. The number of hydrogen-bond acceptors (Lipinski definition) is 4. The summed E-state index contributed by atoms with van der Waals surface area (Å²) in [6.07, 6.45) is 0. The summed E-state index contributed by atoms with van der Waals surface area (Å²) in [6.45, 7) is 4.21. The normalized spacial score (nSPS) is 13.5. The van der Waals surface area contributed by atoms with Crippen LogP contribution in [-0.4, -0.2) is 35.3 Å². The second-order valence-corrected chi connectivity index (χ2v) is 7.29. The molecule has 0 amide bonds. The highest BCUT2D eigenvalue weighted by Gasteiger charge is 2.23. The predicted octanol–water partition coefficient (Wildman–Crippen LogP) is 2.41. The summed E-state index contributed by atoms with van der Waals surface area (Å²) in [5.74, 6) is 0.715. The van der Waals surface area contributed by atoms with Crippen LogP contribution in [0.3, 0.4) is 0 Å². The first kappa shape index (κ1) is 17.4. The SMILES string of the molecule is COCC(NS(=O)(=O)c1ccc(OC)c(Br)c1)C(C)C. The maximum Gasteiger partial charge on any atom is 0.240 e. The fourth-order valence-electron chi connectivity index (χ4n) is 1.62. The van der Waals surface area contributed by atoms with E-state index in [0.717, 1.165) is 0 Å². The molecule has 1 aromatic carbocycles. The molecule has 1 aromatic rings. The van der Waals surface area contributed by atoms with E-state index in [0.29, 0.717) is 16.8 Å². The first-order valence-electron chi connectivity index (χ1n) is 6.16. The van der Waals surface area contributed by atoms with Crippen molar-refractivity contribution < 1.29 is 17.9 Å². The number of ether oxygens (including phenoxy) is 2. The molecule has 0 fully saturated rings. The fourth-order valence-corrected chi connectivity index (χ4v) is 3.71. The van der Waals surface area contributed by atoms with Gasteiger partial charge in [0.1, 0.15) is 5.75 Å². The Morgan fingerprint density at radius 1 is 1.30 bits per heavy atom. The molecule has 1 atom stereocenters. The van der Waals surface area contributed by atoms with Gasteiger partial charge >= 0.3 is 0 Å². The second kappa shape index (κ2) is 7.40. The second-order valence-electron chi connectivity index (χ2n) is 4.72. The Labute approximate surface area is 128 Å². The molecule has 1 rings (SSSR count). The van der Waals surface area contributed by atoms with E-state index < -0.39 is 10.0 Å². The molecule has 1 N–H and O–H groups in total. The fraction of sp³-hybridized carbons (Fsp3) is 0.538. The molecule has 1 unspecified atom stereocenters. The van der Waals surface area contributed by atoms with Gasteiger partial charge in [-0.05, 0) is 40.0 Å². The molecule has 0 radical (unpaired) electrons. The van der Waals surface area contributed by atoms with Gasteiger partial charge in [0.05, 0.1) is 23.1 Å². The lowest BCUT2D eigenvalue weighted by Gasteiger charge is -2.21. The molecule has 5 nitrogen and oxygen atoms in total. The summed E-state index contributed by atoms with van der Waals surface area (Å²) in [5.41, 5.74) is 0. The Hall–Kier alpha value is -0.630. The molecule has 0 saturated carbocycles. The molecular weight excluding hydrogens is 346 g/mol. The van der Waals surface area contributed by atoms with E-state index >= 15 is 0 Å². The quantitative estimate of drug-likeness (QED) is 0.805. The monoisotopic (exact) mass is 365 g/mol.